The molecular weight excluding hydrogens is 278 g/mol. The molecule has 0 fully saturated rings. The van der Waals surface area contributed by atoms with E-state index in [2.05, 4.69) is 11.4 Å². The van der Waals surface area contributed by atoms with Gasteiger partial charge in [-0.2, -0.15) is 0 Å². The van der Waals surface area contributed by atoms with E-state index in [0.29, 0.717) is 5.88 Å². The van der Waals surface area contributed by atoms with Crippen LogP contribution < -0.4 is 5.32 Å². The van der Waals surface area contributed by atoms with Gasteiger partial charge in [0.05, 0.1) is 4.88 Å². The highest BCUT2D eigenvalue weighted by Crippen LogP contribution is 2.19. The summed E-state index contributed by atoms with van der Waals surface area (Å²) in [4.78, 5) is 12.9. The Morgan fingerprint density at radius 2 is 2.21 bits per heavy atom. The zero-order valence-corrected chi connectivity index (χ0v) is 12.4. The molecule has 0 saturated heterocycles. The zero-order valence-electron chi connectivity index (χ0n) is 10.8. The van der Waals surface area contributed by atoms with Crippen molar-refractivity contribution in [3.05, 3.63) is 51.7 Å². The lowest BCUT2D eigenvalue weighted by Crippen LogP contribution is -2.11. The SMILES string of the molecule is Cc1ccsc1C(=O)Nc1cccc(CCCCl)c1. The lowest BCUT2D eigenvalue weighted by atomic mass is 10.1. The molecule has 1 amide bonds. The molecule has 1 aromatic heterocycles. The molecule has 0 atom stereocenters. The van der Waals surface area contributed by atoms with E-state index in [9.17, 15) is 4.79 Å². The normalized spacial score (nSPS) is 10.4. The van der Waals surface area contributed by atoms with Gasteiger partial charge in [-0.1, -0.05) is 12.1 Å². The third-order valence-corrected chi connectivity index (χ3v) is 4.13. The minimum Gasteiger partial charge on any atom is -0.321 e. The first-order valence-corrected chi connectivity index (χ1v) is 7.62. The first-order valence-electron chi connectivity index (χ1n) is 6.21. The van der Waals surface area contributed by atoms with Crippen molar-refractivity contribution in [1.82, 2.24) is 0 Å². The van der Waals surface area contributed by atoms with E-state index in [4.69, 9.17) is 11.6 Å². The number of thiophene rings is 1. The van der Waals surface area contributed by atoms with Crippen LogP contribution in [-0.2, 0) is 6.42 Å². The number of carbonyl (C=O) groups is 1. The molecule has 2 rings (SSSR count). The number of anilines is 1. The van der Waals surface area contributed by atoms with Gasteiger partial charge < -0.3 is 5.32 Å². The molecule has 0 radical (unpaired) electrons. The second-order valence-electron chi connectivity index (χ2n) is 4.38. The smallest absolute Gasteiger partial charge is 0.265 e. The summed E-state index contributed by atoms with van der Waals surface area (Å²) in [5.74, 6) is 0.618. The Morgan fingerprint density at radius 1 is 1.37 bits per heavy atom. The van der Waals surface area contributed by atoms with E-state index in [1.807, 2.05) is 36.6 Å². The number of carbonyl (C=O) groups excluding carboxylic acids is 1. The van der Waals surface area contributed by atoms with Gasteiger partial charge in [-0.15, -0.1) is 22.9 Å². The van der Waals surface area contributed by atoms with E-state index in [1.54, 1.807) is 0 Å². The Kier molecular flexibility index (Phi) is 5.00. The van der Waals surface area contributed by atoms with Crippen molar-refractivity contribution in [2.45, 2.75) is 19.8 Å². The Morgan fingerprint density at radius 3 is 2.89 bits per heavy atom. The van der Waals surface area contributed by atoms with Gasteiger partial charge in [0.2, 0.25) is 0 Å². The van der Waals surface area contributed by atoms with E-state index >= 15 is 0 Å². The Labute approximate surface area is 122 Å². The molecule has 0 unspecified atom stereocenters. The van der Waals surface area contributed by atoms with Gasteiger partial charge in [-0.25, -0.2) is 0 Å². The molecule has 0 bridgehead atoms. The summed E-state index contributed by atoms with van der Waals surface area (Å²) in [6.45, 7) is 1.95. The number of halogens is 1. The zero-order chi connectivity index (χ0) is 13.7. The summed E-state index contributed by atoms with van der Waals surface area (Å²) < 4.78 is 0. The second kappa shape index (κ2) is 6.73. The molecule has 4 heteroatoms. The lowest BCUT2D eigenvalue weighted by molar-refractivity contribution is 0.103. The van der Waals surface area contributed by atoms with E-state index in [0.717, 1.165) is 29.0 Å². The van der Waals surface area contributed by atoms with Gasteiger partial charge >= 0.3 is 0 Å². The lowest BCUT2D eigenvalue weighted by Gasteiger charge is -2.07. The highest BCUT2D eigenvalue weighted by Gasteiger charge is 2.10. The van der Waals surface area contributed by atoms with Gasteiger partial charge in [0.1, 0.15) is 0 Å². The van der Waals surface area contributed by atoms with E-state index in [-0.39, 0.29) is 5.91 Å². The van der Waals surface area contributed by atoms with Crippen LogP contribution in [0.1, 0.15) is 27.2 Å². The molecule has 0 spiro atoms. The van der Waals surface area contributed by atoms with Crippen molar-refractivity contribution in [3.63, 3.8) is 0 Å². The van der Waals surface area contributed by atoms with Crippen molar-refractivity contribution in [2.24, 2.45) is 0 Å². The molecule has 0 aliphatic heterocycles. The number of rotatable bonds is 5. The van der Waals surface area contributed by atoms with Gasteiger partial charge in [-0.05, 0) is 54.5 Å². The van der Waals surface area contributed by atoms with Crippen LogP contribution in [-0.4, -0.2) is 11.8 Å². The van der Waals surface area contributed by atoms with Gasteiger partial charge in [-0.3, -0.25) is 4.79 Å². The number of hydrogen-bond donors (Lipinski definition) is 1. The van der Waals surface area contributed by atoms with Crippen LogP contribution in [0, 0.1) is 6.92 Å². The van der Waals surface area contributed by atoms with Gasteiger partial charge in [0.25, 0.3) is 5.91 Å². The van der Waals surface area contributed by atoms with Crippen LogP contribution >= 0.6 is 22.9 Å². The average Bonchev–Trinajstić information content (AvgIpc) is 2.83. The van der Waals surface area contributed by atoms with Crippen LogP contribution in [0.3, 0.4) is 0 Å². The summed E-state index contributed by atoms with van der Waals surface area (Å²) in [5, 5.41) is 4.87. The predicted molar refractivity (Wildman–Crippen MR) is 82.5 cm³/mol. The predicted octanol–water partition coefficient (Wildman–Crippen LogP) is 4.48. The number of alkyl halides is 1. The first-order chi connectivity index (χ1) is 9.20. The minimum absolute atomic E-state index is 0.0398. The maximum absolute atomic E-state index is 12.1. The number of amides is 1. The maximum Gasteiger partial charge on any atom is 0.265 e. The highest BCUT2D eigenvalue weighted by molar-refractivity contribution is 7.12. The molecule has 0 aliphatic carbocycles. The number of hydrogen-bond acceptors (Lipinski definition) is 2. The standard InChI is InChI=1S/C15H16ClNOS/c1-11-7-9-19-14(11)15(18)17-13-6-2-4-12(10-13)5-3-8-16/h2,4,6-7,9-10H,3,5,8H2,1H3,(H,17,18). The van der Waals surface area contributed by atoms with Crippen LogP contribution in [0.25, 0.3) is 0 Å². The molecule has 100 valence electrons. The van der Waals surface area contributed by atoms with Crippen molar-refractivity contribution in [2.75, 3.05) is 11.2 Å². The summed E-state index contributed by atoms with van der Waals surface area (Å²) >= 11 is 7.16. The minimum atomic E-state index is -0.0398. The Bertz CT molecular complexity index is 565. The van der Waals surface area contributed by atoms with Gasteiger partial charge in [0, 0.05) is 11.6 Å². The molecule has 0 aliphatic rings. The molecule has 1 heterocycles. The molecule has 2 nitrogen and oxygen atoms in total. The molecule has 19 heavy (non-hydrogen) atoms. The monoisotopic (exact) mass is 293 g/mol. The van der Waals surface area contributed by atoms with Crippen LogP contribution in [0.4, 0.5) is 5.69 Å². The van der Waals surface area contributed by atoms with Crippen LogP contribution in [0.2, 0.25) is 0 Å². The average molecular weight is 294 g/mol. The fourth-order valence-electron chi connectivity index (χ4n) is 1.87. The maximum atomic E-state index is 12.1. The molecule has 1 N–H and O–H groups in total. The number of nitrogens with one attached hydrogen (secondary N) is 1. The van der Waals surface area contributed by atoms with Crippen molar-refractivity contribution < 1.29 is 4.79 Å². The largest absolute Gasteiger partial charge is 0.321 e. The summed E-state index contributed by atoms with van der Waals surface area (Å²) in [6.07, 6.45) is 1.88. The molecular formula is C15H16ClNOS. The van der Waals surface area contributed by atoms with E-state index in [1.165, 1.54) is 16.9 Å². The quantitative estimate of drug-likeness (QED) is 0.809. The van der Waals surface area contributed by atoms with Gasteiger partial charge in [0.15, 0.2) is 0 Å². The third kappa shape index (κ3) is 3.82. The van der Waals surface area contributed by atoms with Crippen LogP contribution in [0.5, 0.6) is 0 Å². The van der Waals surface area contributed by atoms with Crippen molar-refractivity contribution in [1.29, 1.82) is 0 Å². The second-order valence-corrected chi connectivity index (χ2v) is 5.67. The highest BCUT2D eigenvalue weighted by atomic mass is 35.5. The topological polar surface area (TPSA) is 29.1 Å². The molecule has 0 saturated carbocycles. The summed E-state index contributed by atoms with van der Waals surface area (Å²) in [6, 6.07) is 9.88. The number of aryl methyl sites for hydroxylation is 2. The fraction of sp³-hybridized carbons (Fsp3) is 0.267. The number of benzene rings is 1. The summed E-state index contributed by atoms with van der Waals surface area (Å²) in [7, 11) is 0. The van der Waals surface area contributed by atoms with E-state index < -0.39 is 0 Å². The third-order valence-electron chi connectivity index (χ3n) is 2.85. The van der Waals surface area contributed by atoms with Crippen molar-refractivity contribution >= 4 is 34.5 Å². The molecule has 1 aromatic carbocycles. The van der Waals surface area contributed by atoms with Crippen molar-refractivity contribution in [3.8, 4) is 0 Å². The Hall–Kier alpha value is -1.32. The summed E-state index contributed by atoms with van der Waals surface area (Å²) in [5.41, 5.74) is 3.05. The molecule has 2 aromatic rings. The first kappa shape index (κ1) is 14.1. The fourth-order valence-corrected chi connectivity index (χ4v) is 2.82. The van der Waals surface area contributed by atoms with Crippen LogP contribution in [0.15, 0.2) is 35.7 Å². The Balaban J connectivity index is 2.07.